The van der Waals surface area contributed by atoms with Crippen molar-refractivity contribution in [1.29, 1.82) is 0 Å². The molecule has 0 radical (unpaired) electrons. The van der Waals surface area contributed by atoms with E-state index >= 15 is 0 Å². The van der Waals surface area contributed by atoms with Gasteiger partial charge in [-0.1, -0.05) is 0 Å². The van der Waals surface area contributed by atoms with Crippen molar-refractivity contribution in [3.8, 4) is 5.75 Å². The molecule has 0 unspecified atom stereocenters. The SMILES string of the molecule is Cn1cnc(S(=O)(=O)N2CCCN(S(=O)(=O)c3ccc(OC(F)(F)F)cc3)CC2)c1. The van der Waals surface area contributed by atoms with Crippen LogP contribution in [0.2, 0.25) is 0 Å². The number of ether oxygens (including phenoxy) is 1. The molecule has 9 nitrogen and oxygen atoms in total. The molecule has 1 aliphatic heterocycles. The average Bonchev–Trinajstić information content (AvgIpc) is 2.93. The molecule has 30 heavy (non-hydrogen) atoms. The third-order valence-corrected chi connectivity index (χ3v) is 8.09. The smallest absolute Gasteiger partial charge is 0.406 e. The minimum Gasteiger partial charge on any atom is -0.406 e. The molecule has 2 heterocycles. The van der Waals surface area contributed by atoms with E-state index in [0.717, 1.165) is 28.6 Å². The van der Waals surface area contributed by atoms with E-state index in [1.54, 1.807) is 7.05 Å². The minimum atomic E-state index is -4.88. The first kappa shape index (κ1) is 22.5. The lowest BCUT2D eigenvalue weighted by Gasteiger charge is -2.21. The standard InChI is InChI=1S/C16H19F3N4O5S2/c1-21-11-15(20-12-21)30(26,27)23-8-2-7-22(9-10-23)29(24,25)14-5-3-13(4-6-14)28-16(17,18)19/h3-6,11-12H,2,7-10H2,1H3. The van der Waals surface area contributed by atoms with Gasteiger partial charge >= 0.3 is 6.36 Å². The third kappa shape index (κ3) is 4.94. The lowest BCUT2D eigenvalue weighted by molar-refractivity contribution is -0.274. The van der Waals surface area contributed by atoms with Gasteiger partial charge in [0.25, 0.3) is 10.0 Å². The summed E-state index contributed by atoms with van der Waals surface area (Å²) in [5.41, 5.74) is 0. The zero-order chi connectivity index (χ0) is 22.2. The summed E-state index contributed by atoms with van der Waals surface area (Å²) in [6.45, 7) is 0.00324. The van der Waals surface area contributed by atoms with Crippen LogP contribution in [0.4, 0.5) is 13.2 Å². The van der Waals surface area contributed by atoms with Crippen molar-refractivity contribution in [1.82, 2.24) is 18.2 Å². The van der Waals surface area contributed by atoms with E-state index in [4.69, 9.17) is 0 Å². The Morgan fingerprint density at radius 3 is 2.00 bits per heavy atom. The van der Waals surface area contributed by atoms with E-state index in [1.807, 2.05) is 0 Å². The van der Waals surface area contributed by atoms with Crippen molar-refractivity contribution >= 4 is 20.0 Å². The Hall–Kier alpha value is -2.16. The maximum absolute atomic E-state index is 12.8. The zero-order valence-corrected chi connectivity index (χ0v) is 17.4. The summed E-state index contributed by atoms with van der Waals surface area (Å²) < 4.78 is 95.4. The predicted molar refractivity (Wildman–Crippen MR) is 98.5 cm³/mol. The van der Waals surface area contributed by atoms with Crippen LogP contribution in [0.25, 0.3) is 0 Å². The van der Waals surface area contributed by atoms with Crippen LogP contribution < -0.4 is 4.74 Å². The summed E-state index contributed by atoms with van der Waals surface area (Å²) in [7, 11) is -6.25. The van der Waals surface area contributed by atoms with Gasteiger partial charge in [0.1, 0.15) is 5.75 Å². The lowest BCUT2D eigenvalue weighted by Crippen LogP contribution is -2.37. The molecule has 14 heteroatoms. The molecule has 1 fully saturated rings. The van der Waals surface area contributed by atoms with E-state index in [1.165, 1.54) is 21.4 Å². The van der Waals surface area contributed by atoms with Gasteiger partial charge in [0, 0.05) is 39.4 Å². The highest BCUT2D eigenvalue weighted by atomic mass is 32.2. The highest BCUT2D eigenvalue weighted by molar-refractivity contribution is 7.89. The quantitative estimate of drug-likeness (QED) is 0.658. The Balaban J connectivity index is 1.74. The molecule has 1 aromatic heterocycles. The number of imidazole rings is 1. The van der Waals surface area contributed by atoms with Crippen molar-refractivity contribution < 1.29 is 34.7 Å². The Kier molecular flexibility index (Phi) is 6.13. The van der Waals surface area contributed by atoms with Crippen LogP contribution in [0.5, 0.6) is 5.75 Å². The monoisotopic (exact) mass is 468 g/mol. The highest BCUT2D eigenvalue weighted by Gasteiger charge is 2.34. The molecule has 166 valence electrons. The molecule has 3 rings (SSSR count). The van der Waals surface area contributed by atoms with Gasteiger partial charge in [-0.3, -0.25) is 0 Å². The number of hydrogen-bond acceptors (Lipinski definition) is 6. The van der Waals surface area contributed by atoms with Crippen molar-refractivity contribution in [2.75, 3.05) is 26.2 Å². The van der Waals surface area contributed by atoms with Crippen LogP contribution in [0.3, 0.4) is 0 Å². The minimum absolute atomic E-state index is 0.0668. The van der Waals surface area contributed by atoms with Gasteiger partial charge in [0.05, 0.1) is 11.2 Å². The fourth-order valence-corrected chi connectivity index (χ4v) is 5.87. The van der Waals surface area contributed by atoms with Crippen LogP contribution in [-0.2, 0) is 27.1 Å². The Bertz CT molecular complexity index is 1100. The Morgan fingerprint density at radius 1 is 0.933 bits per heavy atom. The summed E-state index contributed by atoms with van der Waals surface area (Å²) >= 11 is 0. The first-order valence-electron chi connectivity index (χ1n) is 8.74. The molecular formula is C16H19F3N4O5S2. The molecule has 0 saturated carbocycles. The van der Waals surface area contributed by atoms with Gasteiger partial charge < -0.3 is 9.30 Å². The molecule has 1 saturated heterocycles. The number of halogens is 3. The first-order valence-corrected chi connectivity index (χ1v) is 11.6. The number of hydrogen-bond donors (Lipinski definition) is 0. The largest absolute Gasteiger partial charge is 0.573 e. The second-order valence-corrected chi connectivity index (χ2v) is 10.4. The summed E-state index contributed by atoms with van der Waals surface area (Å²) in [6.07, 6.45) is -1.92. The Morgan fingerprint density at radius 2 is 1.50 bits per heavy atom. The van der Waals surface area contributed by atoms with Crippen molar-refractivity contribution in [2.24, 2.45) is 7.05 Å². The lowest BCUT2D eigenvalue weighted by atomic mass is 10.3. The highest BCUT2D eigenvalue weighted by Crippen LogP contribution is 2.26. The Labute approximate surface area is 171 Å². The second kappa shape index (κ2) is 8.17. The number of rotatable bonds is 5. The molecule has 0 N–H and O–H groups in total. The van der Waals surface area contributed by atoms with Crippen LogP contribution in [0, 0.1) is 0 Å². The number of nitrogens with zero attached hydrogens (tertiary/aromatic N) is 4. The maximum atomic E-state index is 12.8. The molecule has 1 aliphatic rings. The van der Waals surface area contributed by atoms with E-state index < -0.39 is 32.2 Å². The third-order valence-electron chi connectivity index (χ3n) is 4.39. The molecule has 0 atom stereocenters. The fourth-order valence-electron chi connectivity index (χ4n) is 2.97. The maximum Gasteiger partial charge on any atom is 0.573 e. The summed E-state index contributed by atoms with van der Waals surface area (Å²) in [4.78, 5) is 3.64. The van der Waals surface area contributed by atoms with Crippen molar-refractivity contribution in [3.63, 3.8) is 0 Å². The molecule has 1 aromatic carbocycles. The van der Waals surface area contributed by atoms with E-state index in [9.17, 15) is 30.0 Å². The van der Waals surface area contributed by atoms with E-state index in [2.05, 4.69) is 9.72 Å². The predicted octanol–water partition coefficient (Wildman–Crippen LogP) is 1.40. The van der Waals surface area contributed by atoms with Crippen molar-refractivity contribution in [3.05, 3.63) is 36.8 Å². The van der Waals surface area contributed by atoms with Gasteiger partial charge in [0.15, 0.2) is 5.03 Å². The number of sulfonamides is 2. The number of aryl methyl sites for hydroxylation is 1. The molecule has 0 aliphatic carbocycles. The van der Waals surface area contributed by atoms with Gasteiger partial charge in [-0.2, -0.15) is 8.61 Å². The normalized spacial score (nSPS) is 17.6. The average molecular weight is 468 g/mol. The molecule has 0 amide bonds. The molecule has 0 bridgehead atoms. The van der Waals surface area contributed by atoms with Crippen LogP contribution in [0.15, 0.2) is 46.7 Å². The molecular weight excluding hydrogens is 449 g/mol. The summed E-state index contributed by atoms with van der Waals surface area (Å²) in [5, 5.41) is -0.124. The summed E-state index contributed by atoms with van der Waals surface area (Å²) in [5.74, 6) is -0.537. The van der Waals surface area contributed by atoms with Crippen molar-refractivity contribution in [2.45, 2.75) is 22.7 Å². The van der Waals surface area contributed by atoms with E-state index in [-0.39, 0.29) is 42.5 Å². The second-order valence-electron chi connectivity index (χ2n) is 6.56. The van der Waals surface area contributed by atoms with Gasteiger partial charge in [0.2, 0.25) is 10.0 Å². The van der Waals surface area contributed by atoms with Crippen LogP contribution in [-0.4, -0.2) is 67.5 Å². The van der Waals surface area contributed by atoms with Gasteiger partial charge in [-0.25, -0.2) is 21.8 Å². The number of aromatic nitrogens is 2. The van der Waals surface area contributed by atoms with Gasteiger partial charge in [-0.15, -0.1) is 13.2 Å². The summed E-state index contributed by atoms with van der Waals surface area (Å²) in [6, 6.07) is 3.86. The number of alkyl halides is 3. The fraction of sp³-hybridized carbons (Fsp3) is 0.438. The molecule has 0 spiro atoms. The zero-order valence-electron chi connectivity index (χ0n) is 15.8. The first-order chi connectivity index (χ1) is 13.9. The van der Waals surface area contributed by atoms with Crippen LogP contribution in [0.1, 0.15) is 6.42 Å². The van der Waals surface area contributed by atoms with E-state index in [0.29, 0.717) is 0 Å². The molecule has 2 aromatic rings. The topological polar surface area (TPSA) is 102 Å². The number of benzene rings is 1. The van der Waals surface area contributed by atoms with Crippen LogP contribution >= 0.6 is 0 Å². The van der Waals surface area contributed by atoms with Gasteiger partial charge in [-0.05, 0) is 30.7 Å².